The number of nitrogens with two attached hydrogens (primary N) is 1. The molecule has 0 spiro atoms. The van der Waals surface area contributed by atoms with Crippen LogP contribution in [0, 0.1) is 0 Å². The number of nitrogens with zero attached hydrogens (tertiary/aromatic N) is 2. The van der Waals surface area contributed by atoms with E-state index in [-0.39, 0.29) is 18.4 Å². The topological polar surface area (TPSA) is 127 Å². The van der Waals surface area contributed by atoms with Crippen LogP contribution in [-0.2, 0) is 29.1 Å². The van der Waals surface area contributed by atoms with E-state index in [9.17, 15) is 14.4 Å². The van der Waals surface area contributed by atoms with Crippen molar-refractivity contribution in [3.63, 3.8) is 0 Å². The normalized spacial score (nSPS) is 13.1. The number of hydrogen-bond donors (Lipinski definition) is 2. The molecule has 1 aliphatic heterocycles. The largest absolute Gasteiger partial charge is 0.457 e. The molecular formula is C26H26N4O5. The summed E-state index contributed by atoms with van der Waals surface area (Å²) in [7, 11) is 0. The first-order valence-electron chi connectivity index (χ1n) is 11.3. The zero-order chi connectivity index (χ0) is 24.8. The Morgan fingerprint density at radius 2 is 1.94 bits per heavy atom. The molecule has 0 aliphatic carbocycles. The lowest BCUT2D eigenvalue weighted by Gasteiger charge is -2.30. The third kappa shape index (κ3) is 5.75. The molecule has 4 rings (SSSR count). The fourth-order valence-corrected chi connectivity index (χ4v) is 3.82. The number of furan rings is 1. The number of rotatable bonds is 8. The number of nitrogens with one attached hydrogen (secondary N) is 1. The summed E-state index contributed by atoms with van der Waals surface area (Å²) in [5.74, 6) is 0.800. The van der Waals surface area contributed by atoms with Crippen LogP contribution in [0.25, 0.3) is 11.3 Å². The Balaban J connectivity index is 1.52. The van der Waals surface area contributed by atoms with Crippen molar-refractivity contribution in [2.24, 2.45) is 10.8 Å². The van der Waals surface area contributed by atoms with Gasteiger partial charge in [-0.15, -0.1) is 0 Å². The van der Waals surface area contributed by atoms with Gasteiger partial charge in [0.25, 0.3) is 5.91 Å². The summed E-state index contributed by atoms with van der Waals surface area (Å²) >= 11 is 0. The van der Waals surface area contributed by atoms with E-state index in [0.29, 0.717) is 36.5 Å². The molecule has 35 heavy (non-hydrogen) atoms. The van der Waals surface area contributed by atoms with E-state index in [1.807, 2.05) is 37.3 Å². The number of benzene rings is 2. The van der Waals surface area contributed by atoms with Gasteiger partial charge in [-0.05, 0) is 54.3 Å². The Morgan fingerprint density at radius 3 is 2.69 bits per heavy atom. The lowest BCUT2D eigenvalue weighted by Crippen LogP contribution is -2.34. The van der Waals surface area contributed by atoms with E-state index in [2.05, 4.69) is 10.5 Å². The van der Waals surface area contributed by atoms with E-state index in [0.717, 1.165) is 28.8 Å². The Bertz CT molecular complexity index is 1260. The number of amides is 3. The Kier molecular flexibility index (Phi) is 7.25. The standard InChI is InChI=1S/C26H26N4O5/c1-2-13-28-29-25(32)19-5-3-17(4-6-19)15-30-22-14-20(8-7-18(22)9-12-24(30)31)23-11-10-21(35-23)16-34-26(27)33/h3-8,10-11,13-14H,2,9,12,15-16H2,1H3,(H2,27,33)(H,29,32). The second-order valence-electron chi connectivity index (χ2n) is 8.05. The molecule has 0 saturated carbocycles. The first-order chi connectivity index (χ1) is 16.9. The predicted octanol–water partition coefficient (Wildman–Crippen LogP) is 4.15. The highest BCUT2D eigenvalue weighted by molar-refractivity contribution is 5.97. The third-order valence-electron chi connectivity index (χ3n) is 5.58. The number of aryl methyl sites for hydroxylation is 1. The maximum Gasteiger partial charge on any atom is 0.404 e. The lowest BCUT2D eigenvalue weighted by molar-refractivity contribution is -0.119. The molecule has 1 aromatic heterocycles. The van der Waals surface area contributed by atoms with E-state index in [1.165, 1.54) is 0 Å². The van der Waals surface area contributed by atoms with Crippen LogP contribution in [0.5, 0.6) is 0 Å². The summed E-state index contributed by atoms with van der Waals surface area (Å²) < 4.78 is 10.6. The van der Waals surface area contributed by atoms with E-state index < -0.39 is 6.09 Å². The average molecular weight is 475 g/mol. The first-order valence-corrected chi connectivity index (χ1v) is 11.3. The minimum atomic E-state index is -0.871. The Hall–Kier alpha value is -4.40. The summed E-state index contributed by atoms with van der Waals surface area (Å²) in [6, 6.07) is 16.5. The van der Waals surface area contributed by atoms with Gasteiger partial charge in [0.15, 0.2) is 6.61 Å². The number of primary amides is 1. The van der Waals surface area contributed by atoms with Crippen LogP contribution in [0.2, 0.25) is 0 Å². The van der Waals surface area contributed by atoms with E-state index in [4.69, 9.17) is 14.9 Å². The maximum absolute atomic E-state index is 12.8. The molecule has 1 aliphatic rings. The molecule has 2 heterocycles. The zero-order valence-electron chi connectivity index (χ0n) is 19.3. The van der Waals surface area contributed by atoms with Gasteiger partial charge in [-0.1, -0.05) is 31.2 Å². The molecule has 3 aromatic rings. The number of carbonyl (C=O) groups excluding carboxylic acids is 3. The summed E-state index contributed by atoms with van der Waals surface area (Å²) in [6.07, 6.45) is 2.58. The van der Waals surface area contributed by atoms with Gasteiger partial charge in [0.05, 0.1) is 6.54 Å². The Morgan fingerprint density at radius 1 is 1.14 bits per heavy atom. The van der Waals surface area contributed by atoms with Crippen LogP contribution in [0.1, 0.15) is 47.0 Å². The van der Waals surface area contributed by atoms with Crippen molar-refractivity contribution in [3.05, 3.63) is 77.0 Å². The molecule has 3 amide bonds. The highest BCUT2D eigenvalue weighted by Crippen LogP contribution is 2.34. The summed E-state index contributed by atoms with van der Waals surface area (Å²) in [5, 5.41) is 3.86. The minimum Gasteiger partial charge on any atom is -0.457 e. The van der Waals surface area contributed by atoms with Gasteiger partial charge in [0.1, 0.15) is 11.5 Å². The van der Waals surface area contributed by atoms with Gasteiger partial charge < -0.3 is 19.8 Å². The number of carbonyl (C=O) groups is 3. The number of ether oxygens (including phenoxy) is 1. The molecule has 0 bridgehead atoms. The van der Waals surface area contributed by atoms with E-state index >= 15 is 0 Å². The summed E-state index contributed by atoms with van der Waals surface area (Å²) in [4.78, 5) is 37.6. The minimum absolute atomic E-state index is 0.0281. The molecule has 0 fully saturated rings. The molecule has 9 nitrogen and oxygen atoms in total. The lowest BCUT2D eigenvalue weighted by atomic mass is 9.97. The summed E-state index contributed by atoms with van der Waals surface area (Å²) in [6.45, 7) is 2.26. The quantitative estimate of drug-likeness (QED) is 0.375. The molecule has 2 aromatic carbocycles. The van der Waals surface area contributed by atoms with Gasteiger partial charge in [0.2, 0.25) is 5.91 Å². The second kappa shape index (κ2) is 10.7. The molecular weight excluding hydrogens is 448 g/mol. The number of anilines is 1. The highest BCUT2D eigenvalue weighted by Gasteiger charge is 2.25. The molecule has 0 unspecified atom stereocenters. The first kappa shape index (κ1) is 23.7. The van der Waals surface area contributed by atoms with Crippen LogP contribution in [0.15, 0.2) is 64.1 Å². The van der Waals surface area contributed by atoms with Crippen LogP contribution in [0.3, 0.4) is 0 Å². The third-order valence-corrected chi connectivity index (χ3v) is 5.58. The fraction of sp³-hybridized carbons (Fsp3) is 0.231. The van der Waals surface area contributed by atoms with Crippen molar-refractivity contribution >= 4 is 29.8 Å². The van der Waals surface area contributed by atoms with Crippen molar-refractivity contribution in [2.75, 3.05) is 4.90 Å². The molecule has 9 heteroatoms. The van der Waals surface area contributed by atoms with Crippen LogP contribution < -0.4 is 16.1 Å². The van der Waals surface area contributed by atoms with Crippen molar-refractivity contribution < 1.29 is 23.5 Å². The average Bonchev–Trinajstić information content (AvgIpc) is 3.34. The fourth-order valence-electron chi connectivity index (χ4n) is 3.82. The van der Waals surface area contributed by atoms with Crippen molar-refractivity contribution in [1.82, 2.24) is 5.43 Å². The number of hydrogen-bond acceptors (Lipinski definition) is 6. The maximum atomic E-state index is 12.8. The Labute approximate surface area is 202 Å². The molecule has 3 N–H and O–H groups in total. The van der Waals surface area contributed by atoms with Gasteiger partial charge >= 0.3 is 6.09 Å². The van der Waals surface area contributed by atoms with Crippen LogP contribution in [0.4, 0.5) is 10.5 Å². The van der Waals surface area contributed by atoms with E-state index in [1.54, 1.807) is 35.4 Å². The van der Waals surface area contributed by atoms with Crippen molar-refractivity contribution in [2.45, 2.75) is 39.3 Å². The predicted molar refractivity (Wildman–Crippen MR) is 131 cm³/mol. The monoisotopic (exact) mass is 474 g/mol. The molecule has 0 atom stereocenters. The van der Waals surface area contributed by atoms with Crippen molar-refractivity contribution in [1.29, 1.82) is 0 Å². The molecule has 0 radical (unpaired) electrons. The number of fused-ring (bicyclic) bond motifs is 1. The molecule has 180 valence electrons. The second-order valence-corrected chi connectivity index (χ2v) is 8.05. The van der Waals surface area contributed by atoms with Crippen LogP contribution >= 0.6 is 0 Å². The highest BCUT2D eigenvalue weighted by atomic mass is 16.6. The number of hydrazone groups is 1. The van der Waals surface area contributed by atoms with Gasteiger partial charge in [0, 0.05) is 29.4 Å². The van der Waals surface area contributed by atoms with Crippen molar-refractivity contribution in [3.8, 4) is 11.3 Å². The molecule has 0 saturated heterocycles. The zero-order valence-corrected chi connectivity index (χ0v) is 19.3. The van der Waals surface area contributed by atoms with Gasteiger partial charge in [-0.2, -0.15) is 5.10 Å². The van der Waals surface area contributed by atoms with Gasteiger partial charge in [-0.3, -0.25) is 9.59 Å². The summed E-state index contributed by atoms with van der Waals surface area (Å²) in [5.41, 5.74) is 11.6. The van der Waals surface area contributed by atoms with Crippen LogP contribution in [-0.4, -0.2) is 24.1 Å². The van der Waals surface area contributed by atoms with Gasteiger partial charge in [-0.25, -0.2) is 10.2 Å². The smallest absolute Gasteiger partial charge is 0.404 e. The SMILES string of the molecule is CCC=NNC(=O)c1ccc(CN2C(=O)CCc3ccc(-c4ccc(COC(N)=O)o4)cc32)cc1.